The highest BCUT2D eigenvalue weighted by Gasteiger charge is 2.33. The Balaban J connectivity index is 1.63. The van der Waals surface area contributed by atoms with E-state index in [4.69, 9.17) is 0 Å². The van der Waals surface area contributed by atoms with Gasteiger partial charge in [-0.2, -0.15) is 0 Å². The van der Waals surface area contributed by atoms with Crippen LogP contribution in [0.4, 0.5) is 14.6 Å². The first-order chi connectivity index (χ1) is 19.6. The van der Waals surface area contributed by atoms with Gasteiger partial charge in [0.25, 0.3) is 0 Å². The van der Waals surface area contributed by atoms with Gasteiger partial charge in [-0.15, -0.1) is 0 Å². The van der Waals surface area contributed by atoms with Crippen LogP contribution in [0.15, 0.2) is 103 Å². The van der Waals surface area contributed by atoms with Crippen molar-refractivity contribution >= 4 is 22.5 Å². The van der Waals surface area contributed by atoms with E-state index in [9.17, 15) is 13.6 Å². The number of fused-ring (bicyclic) bond motifs is 2. The molecule has 0 saturated carbocycles. The van der Waals surface area contributed by atoms with Crippen LogP contribution < -0.4 is 5.32 Å². The molecular weight excluding hydrogens is 504 g/mol. The number of carbonyl (C=O) groups excluding carboxylic acids is 1. The summed E-state index contributed by atoms with van der Waals surface area (Å²) < 4.78 is 30.1. The summed E-state index contributed by atoms with van der Waals surface area (Å²) in [6, 6.07) is 30.2. The molecule has 6 aromatic rings. The predicted molar refractivity (Wildman–Crippen MR) is 155 cm³/mol. The molecule has 0 saturated heterocycles. The molecule has 2 aromatic heterocycles. The third-order valence-corrected chi connectivity index (χ3v) is 7.58. The number of anilines is 1. The summed E-state index contributed by atoms with van der Waals surface area (Å²) in [4.78, 5) is 18.0. The van der Waals surface area contributed by atoms with Gasteiger partial charge in [0.15, 0.2) is 5.78 Å². The van der Waals surface area contributed by atoms with E-state index < -0.39 is 5.82 Å². The van der Waals surface area contributed by atoms with Crippen LogP contribution in [0.1, 0.15) is 22.3 Å². The maximum atomic E-state index is 14.4. The molecule has 4 aromatic carbocycles. The van der Waals surface area contributed by atoms with E-state index in [1.54, 1.807) is 12.1 Å². The number of aromatic nitrogens is 2. The van der Waals surface area contributed by atoms with Crippen LogP contribution >= 0.6 is 0 Å². The minimum absolute atomic E-state index is 0.203. The third kappa shape index (κ3) is 3.92. The third-order valence-electron chi connectivity index (χ3n) is 7.58. The van der Waals surface area contributed by atoms with E-state index in [0.717, 1.165) is 63.3 Å². The number of nitrogens with one attached hydrogen (secondary N) is 2. The molecule has 2 N–H and O–H groups in total. The van der Waals surface area contributed by atoms with Crippen LogP contribution in [0.3, 0.4) is 0 Å². The van der Waals surface area contributed by atoms with Gasteiger partial charge in [-0.05, 0) is 72.1 Å². The Morgan fingerprint density at radius 1 is 0.725 bits per heavy atom. The van der Waals surface area contributed by atoms with Crippen LogP contribution in [-0.4, -0.2) is 21.9 Å². The van der Waals surface area contributed by atoms with Gasteiger partial charge < -0.3 is 14.9 Å². The first-order valence-corrected chi connectivity index (χ1v) is 13.3. The number of H-pyrrole nitrogens is 1. The first kappa shape index (κ1) is 24.1. The first-order valence-electron chi connectivity index (χ1n) is 13.3. The molecule has 0 radical (unpaired) electrons. The zero-order chi connectivity index (χ0) is 27.2. The average Bonchev–Trinajstić information content (AvgIpc) is 3.54. The molecule has 0 fully saturated rings. The molecule has 0 spiro atoms. The van der Waals surface area contributed by atoms with E-state index >= 15 is 0 Å². The van der Waals surface area contributed by atoms with Gasteiger partial charge >= 0.3 is 0 Å². The second-order valence-corrected chi connectivity index (χ2v) is 10.0. The fraction of sp³-hybridized carbons (Fsp3) is 0.0882. The van der Waals surface area contributed by atoms with Crippen LogP contribution in [0.2, 0.25) is 0 Å². The van der Waals surface area contributed by atoms with Gasteiger partial charge in [-0.25, -0.2) is 8.78 Å². The number of para-hydroxylation sites is 1. The molecular formula is C34H25F2N3O. The maximum Gasteiger partial charge on any atom is 0.197 e. The van der Waals surface area contributed by atoms with Crippen molar-refractivity contribution in [3.05, 3.63) is 126 Å². The zero-order valence-corrected chi connectivity index (χ0v) is 21.5. The Bertz CT molecular complexity index is 1870. The van der Waals surface area contributed by atoms with Crippen molar-refractivity contribution in [1.82, 2.24) is 9.55 Å². The van der Waals surface area contributed by atoms with Crippen molar-refractivity contribution in [3.8, 4) is 33.6 Å². The minimum Gasteiger partial charge on any atom is -0.371 e. The Kier molecular flexibility index (Phi) is 5.81. The summed E-state index contributed by atoms with van der Waals surface area (Å²) in [5, 5.41) is 4.46. The number of benzene rings is 4. The van der Waals surface area contributed by atoms with Crippen molar-refractivity contribution in [1.29, 1.82) is 0 Å². The normalized spacial score (nSPS) is 12.8. The highest BCUT2D eigenvalue weighted by molar-refractivity contribution is 6.21. The lowest BCUT2D eigenvalue weighted by molar-refractivity contribution is 0.104. The van der Waals surface area contributed by atoms with Gasteiger partial charge in [-0.1, -0.05) is 48.5 Å². The maximum absolute atomic E-state index is 14.4. The lowest BCUT2D eigenvalue weighted by Gasteiger charge is -2.20. The topological polar surface area (TPSA) is 49.8 Å². The number of rotatable bonds is 5. The van der Waals surface area contributed by atoms with Gasteiger partial charge in [0.1, 0.15) is 17.5 Å². The van der Waals surface area contributed by atoms with Gasteiger partial charge in [-0.3, -0.25) is 4.79 Å². The molecule has 0 aliphatic carbocycles. The fourth-order valence-electron chi connectivity index (χ4n) is 5.81. The summed E-state index contributed by atoms with van der Waals surface area (Å²) >= 11 is 0. The Morgan fingerprint density at radius 3 is 2.15 bits per heavy atom. The Morgan fingerprint density at radius 2 is 1.40 bits per heavy atom. The predicted octanol–water partition coefficient (Wildman–Crippen LogP) is 8.30. The molecule has 4 nitrogen and oxygen atoms in total. The molecule has 6 heteroatoms. The summed E-state index contributed by atoms with van der Waals surface area (Å²) in [6.07, 6.45) is 0.874. The quantitative estimate of drug-likeness (QED) is 0.221. The number of hydrogen-bond acceptors (Lipinski definition) is 2. The molecule has 3 heterocycles. The van der Waals surface area contributed by atoms with Crippen molar-refractivity contribution in [2.45, 2.75) is 13.0 Å². The molecule has 40 heavy (non-hydrogen) atoms. The molecule has 0 bridgehead atoms. The molecule has 7 rings (SSSR count). The van der Waals surface area contributed by atoms with Crippen LogP contribution in [0.5, 0.6) is 0 Å². The Labute approximate surface area is 229 Å². The summed E-state index contributed by atoms with van der Waals surface area (Å²) in [5.41, 5.74) is 7.05. The number of hydrogen-bond donors (Lipinski definition) is 2. The lowest BCUT2D eigenvalue weighted by atomic mass is 9.90. The van der Waals surface area contributed by atoms with Crippen molar-refractivity contribution in [2.75, 3.05) is 11.9 Å². The number of aromatic amines is 1. The van der Waals surface area contributed by atoms with E-state index in [1.165, 1.54) is 36.4 Å². The highest BCUT2D eigenvalue weighted by atomic mass is 19.1. The van der Waals surface area contributed by atoms with E-state index in [-0.39, 0.29) is 11.6 Å². The SMILES string of the molecule is O=C(c1ccc(F)cc1)c1c(-c2c(-c3ccccc3)[nH]c3ccccc23)c(-c2ccc(F)cc2)n2c1NCCC2. The van der Waals surface area contributed by atoms with Crippen LogP contribution in [-0.2, 0) is 6.54 Å². The second-order valence-electron chi connectivity index (χ2n) is 10.0. The summed E-state index contributed by atoms with van der Waals surface area (Å²) in [7, 11) is 0. The summed E-state index contributed by atoms with van der Waals surface area (Å²) in [5.74, 6) is -0.206. The van der Waals surface area contributed by atoms with Gasteiger partial charge in [0, 0.05) is 40.7 Å². The number of halogens is 2. The van der Waals surface area contributed by atoms with Crippen LogP contribution in [0, 0.1) is 11.6 Å². The molecule has 1 aliphatic rings. The van der Waals surface area contributed by atoms with E-state index in [0.29, 0.717) is 17.7 Å². The molecule has 0 amide bonds. The van der Waals surface area contributed by atoms with Crippen molar-refractivity contribution < 1.29 is 13.6 Å². The highest BCUT2D eigenvalue weighted by Crippen LogP contribution is 2.49. The van der Waals surface area contributed by atoms with E-state index in [2.05, 4.69) is 20.9 Å². The van der Waals surface area contributed by atoms with Crippen LogP contribution in [0.25, 0.3) is 44.5 Å². The number of nitrogens with zero attached hydrogens (tertiary/aromatic N) is 1. The number of ketones is 1. The van der Waals surface area contributed by atoms with Gasteiger partial charge in [0.05, 0.1) is 17.0 Å². The lowest BCUT2D eigenvalue weighted by Crippen LogP contribution is -2.19. The molecule has 196 valence electrons. The number of carbonyl (C=O) groups is 1. The second kappa shape index (κ2) is 9.65. The molecule has 1 aliphatic heterocycles. The molecule has 0 unspecified atom stereocenters. The monoisotopic (exact) mass is 529 g/mol. The summed E-state index contributed by atoms with van der Waals surface area (Å²) in [6.45, 7) is 1.41. The largest absolute Gasteiger partial charge is 0.371 e. The van der Waals surface area contributed by atoms with Gasteiger partial charge in [0.2, 0.25) is 0 Å². The fourth-order valence-corrected chi connectivity index (χ4v) is 5.81. The molecule has 0 atom stereocenters. The smallest absolute Gasteiger partial charge is 0.197 e. The van der Waals surface area contributed by atoms with E-state index in [1.807, 2.05) is 48.5 Å². The standard InChI is InChI=1S/C34H25F2N3O/c35-24-15-11-22(12-16-24)32-29(28-26-9-4-5-10-27(26)38-31(28)21-7-2-1-3-8-21)30(34-37-19-6-20-39(32)34)33(40)23-13-17-25(36)18-14-23/h1-5,7-18,37-38H,6,19-20H2. The van der Waals surface area contributed by atoms with Crippen molar-refractivity contribution in [2.24, 2.45) is 0 Å². The average molecular weight is 530 g/mol. The van der Waals surface area contributed by atoms with Crippen molar-refractivity contribution in [3.63, 3.8) is 0 Å². The Hall–Kier alpha value is -4.97. The minimum atomic E-state index is -0.399. The zero-order valence-electron chi connectivity index (χ0n) is 21.5.